The summed E-state index contributed by atoms with van der Waals surface area (Å²) in [5.41, 5.74) is 1.30. The van der Waals surface area contributed by atoms with Gasteiger partial charge in [-0.2, -0.15) is 0 Å². The molecule has 2 rings (SSSR count). The van der Waals surface area contributed by atoms with Gasteiger partial charge in [0.1, 0.15) is 12.6 Å². The summed E-state index contributed by atoms with van der Waals surface area (Å²) < 4.78 is 7.31. The van der Waals surface area contributed by atoms with E-state index in [0.29, 0.717) is 23.4 Å². The maximum absolute atomic E-state index is 10.1. The van der Waals surface area contributed by atoms with Crippen LogP contribution in [0.5, 0.6) is 0 Å². The van der Waals surface area contributed by atoms with Crippen LogP contribution >= 0.6 is 0 Å². The Morgan fingerprint density at radius 3 is 2.77 bits per heavy atom. The molecule has 0 radical (unpaired) electrons. The Kier molecular flexibility index (Phi) is 5.64. The number of hydrogen-bond acceptors (Lipinski definition) is 7. The molecule has 0 saturated heterocycles. The number of nitrogens with zero attached hydrogens (tertiary/aromatic N) is 4. The molecule has 3 N–H and O–H groups in total. The van der Waals surface area contributed by atoms with E-state index in [2.05, 4.69) is 20.3 Å². The van der Waals surface area contributed by atoms with Gasteiger partial charge in [-0.1, -0.05) is 6.92 Å². The molecule has 2 unspecified atom stereocenters. The molecule has 0 spiro atoms. The summed E-state index contributed by atoms with van der Waals surface area (Å²) >= 11 is 0. The number of anilines is 1. The van der Waals surface area contributed by atoms with E-state index >= 15 is 0 Å². The van der Waals surface area contributed by atoms with Gasteiger partial charge in [-0.25, -0.2) is 15.0 Å². The summed E-state index contributed by atoms with van der Waals surface area (Å²) in [5.74, 6) is 0.441. The number of rotatable bonds is 8. The van der Waals surface area contributed by atoms with Gasteiger partial charge in [0.05, 0.1) is 12.4 Å². The SMILES string of the molecule is CCNc1ncnc2c1ncn2C(OC)C(C)[C@H](O)CCO. The van der Waals surface area contributed by atoms with E-state index in [9.17, 15) is 5.11 Å². The van der Waals surface area contributed by atoms with Crippen LogP contribution in [0.25, 0.3) is 11.2 Å². The van der Waals surface area contributed by atoms with Gasteiger partial charge in [0.25, 0.3) is 0 Å². The van der Waals surface area contributed by atoms with Crippen LogP contribution in [0.1, 0.15) is 26.5 Å². The number of aromatic nitrogens is 4. The average Bonchev–Trinajstić information content (AvgIpc) is 2.94. The van der Waals surface area contributed by atoms with Gasteiger partial charge in [-0.3, -0.25) is 4.57 Å². The smallest absolute Gasteiger partial charge is 0.167 e. The molecular formula is C14H23N5O3. The van der Waals surface area contributed by atoms with Crippen molar-refractivity contribution in [1.82, 2.24) is 19.5 Å². The molecule has 0 aliphatic heterocycles. The molecule has 2 aromatic heterocycles. The van der Waals surface area contributed by atoms with Gasteiger partial charge in [-0.05, 0) is 13.3 Å². The summed E-state index contributed by atoms with van der Waals surface area (Å²) in [5, 5.41) is 22.2. The molecule has 2 heterocycles. The van der Waals surface area contributed by atoms with Gasteiger partial charge >= 0.3 is 0 Å². The largest absolute Gasteiger partial charge is 0.396 e. The first-order valence-electron chi connectivity index (χ1n) is 7.37. The quantitative estimate of drug-likeness (QED) is 0.662. The standard InChI is InChI=1S/C14H23N5O3/c1-4-15-12-11-13(17-7-16-12)19(8-18-11)14(22-3)9(2)10(21)5-6-20/h7-10,14,20-21H,4-6H2,1-3H3,(H,15,16,17)/t9?,10-,14?/m1/s1. The molecule has 0 aliphatic carbocycles. The monoisotopic (exact) mass is 309 g/mol. The Hall–Kier alpha value is -1.77. The molecule has 0 saturated carbocycles. The van der Waals surface area contributed by atoms with E-state index in [1.807, 2.05) is 13.8 Å². The number of nitrogens with one attached hydrogen (secondary N) is 1. The number of ether oxygens (including phenoxy) is 1. The first-order valence-corrected chi connectivity index (χ1v) is 7.37. The maximum atomic E-state index is 10.1. The zero-order valence-electron chi connectivity index (χ0n) is 13.1. The zero-order valence-corrected chi connectivity index (χ0v) is 13.1. The molecule has 0 aromatic carbocycles. The maximum Gasteiger partial charge on any atom is 0.167 e. The lowest BCUT2D eigenvalue weighted by atomic mass is 10.00. The van der Waals surface area contributed by atoms with Crippen molar-refractivity contribution in [2.45, 2.75) is 32.6 Å². The van der Waals surface area contributed by atoms with E-state index in [4.69, 9.17) is 9.84 Å². The van der Waals surface area contributed by atoms with Crippen molar-refractivity contribution in [3.8, 4) is 0 Å². The number of hydrogen-bond donors (Lipinski definition) is 3. The lowest BCUT2D eigenvalue weighted by Gasteiger charge is -2.27. The van der Waals surface area contributed by atoms with Gasteiger partial charge in [0.2, 0.25) is 0 Å². The Labute approximate surface area is 129 Å². The van der Waals surface area contributed by atoms with Crippen molar-refractivity contribution in [3.63, 3.8) is 0 Å². The van der Waals surface area contributed by atoms with Crippen LogP contribution in [0, 0.1) is 5.92 Å². The molecule has 122 valence electrons. The van der Waals surface area contributed by atoms with E-state index in [0.717, 1.165) is 6.54 Å². The summed E-state index contributed by atoms with van der Waals surface area (Å²) in [6, 6.07) is 0. The molecule has 2 aromatic rings. The fourth-order valence-corrected chi connectivity index (χ4v) is 2.50. The van der Waals surface area contributed by atoms with Crippen LogP contribution in [0.3, 0.4) is 0 Å². The van der Waals surface area contributed by atoms with Crippen molar-refractivity contribution in [3.05, 3.63) is 12.7 Å². The summed E-state index contributed by atoms with van der Waals surface area (Å²) in [6.45, 7) is 4.51. The first-order chi connectivity index (χ1) is 10.6. The van der Waals surface area contributed by atoms with Crippen molar-refractivity contribution < 1.29 is 14.9 Å². The fraction of sp³-hybridized carbons (Fsp3) is 0.643. The number of fused-ring (bicyclic) bond motifs is 1. The molecule has 0 fully saturated rings. The fourth-order valence-electron chi connectivity index (χ4n) is 2.50. The second-order valence-electron chi connectivity index (χ2n) is 5.14. The number of aliphatic hydroxyl groups is 2. The van der Waals surface area contributed by atoms with Crippen LogP contribution in [0.4, 0.5) is 5.82 Å². The first kappa shape index (κ1) is 16.6. The van der Waals surface area contributed by atoms with Crippen LogP contribution in [-0.2, 0) is 4.74 Å². The van der Waals surface area contributed by atoms with E-state index in [1.54, 1.807) is 18.0 Å². The predicted molar refractivity (Wildman–Crippen MR) is 82.4 cm³/mol. The number of methoxy groups -OCH3 is 1. The summed E-state index contributed by atoms with van der Waals surface area (Å²) in [6.07, 6.45) is 2.29. The highest BCUT2D eigenvalue weighted by atomic mass is 16.5. The highest BCUT2D eigenvalue weighted by molar-refractivity contribution is 5.82. The Morgan fingerprint density at radius 1 is 1.36 bits per heavy atom. The normalized spacial score (nSPS) is 15.7. The minimum Gasteiger partial charge on any atom is -0.396 e. The Bertz CT molecular complexity index is 603. The van der Waals surface area contributed by atoms with Crippen LogP contribution in [-0.4, -0.2) is 56.1 Å². The van der Waals surface area contributed by atoms with Crippen molar-refractivity contribution >= 4 is 17.0 Å². The Balaban J connectivity index is 2.37. The number of imidazole rings is 1. The minimum absolute atomic E-state index is 0.0701. The molecule has 0 aliphatic rings. The molecule has 0 bridgehead atoms. The second kappa shape index (κ2) is 7.48. The minimum atomic E-state index is -0.678. The summed E-state index contributed by atoms with van der Waals surface area (Å²) in [7, 11) is 1.57. The van der Waals surface area contributed by atoms with E-state index in [-0.39, 0.29) is 12.5 Å². The van der Waals surface area contributed by atoms with Gasteiger partial charge < -0.3 is 20.3 Å². The van der Waals surface area contributed by atoms with Crippen molar-refractivity contribution in [2.24, 2.45) is 5.92 Å². The zero-order chi connectivity index (χ0) is 16.1. The molecule has 8 heteroatoms. The molecule has 0 amide bonds. The van der Waals surface area contributed by atoms with Gasteiger partial charge in [0, 0.05) is 26.2 Å². The van der Waals surface area contributed by atoms with E-state index < -0.39 is 12.3 Å². The molecule has 8 nitrogen and oxygen atoms in total. The summed E-state index contributed by atoms with van der Waals surface area (Å²) in [4.78, 5) is 12.8. The van der Waals surface area contributed by atoms with E-state index in [1.165, 1.54) is 6.33 Å². The van der Waals surface area contributed by atoms with Crippen molar-refractivity contribution in [1.29, 1.82) is 0 Å². The van der Waals surface area contributed by atoms with Gasteiger partial charge in [-0.15, -0.1) is 0 Å². The molecule has 3 atom stereocenters. The average molecular weight is 309 g/mol. The third-order valence-electron chi connectivity index (χ3n) is 3.70. The van der Waals surface area contributed by atoms with Gasteiger partial charge in [0.15, 0.2) is 17.0 Å². The highest BCUT2D eigenvalue weighted by Crippen LogP contribution is 2.28. The molecule has 22 heavy (non-hydrogen) atoms. The topological polar surface area (TPSA) is 105 Å². The van der Waals surface area contributed by atoms with Crippen LogP contribution in [0.15, 0.2) is 12.7 Å². The predicted octanol–water partition coefficient (Wildman–Crippen LogP) is 0.782. The second-order valence-corrected chi connectivity index (χ2v) is 5.14. The Morgan fingerprint density at radius 2 is 2.14 bits per heavy atom. The third-order valence-corrected chi connectivity index (χ3v) is 3.70. The van der Waals surface area contributed by atoms with Crippen molar-refractivity contribution in [2.75, 3.05) is 25.6 Å². The highest BCUT2D eigenvalue weighted by Gasteiger charge is 2.27. The van der Waals surface area contributed by atoms with Crippen LogP contribution < -0.4 is 5.32 Å². The van der Waals surface area contributed by atoms with Crippen LogP contribution in [0.2, 0.25) is 0 Å². The molecular weight excluding hydrogens is 286 g/mol. The lowest BCUT2D eigenvalue weighted by molar-refractivity contribution is -0.0524. The third kappa shape index (κ3) is 3.18. The lowest BCUT2D eigenvalue weighted by Crippen LogP contribution is -2.29. The number of aliphatic hydroxyl groups excluding tert-OH is 2.